The van der Waals surface area contributed by atoms with Crippen LogP contribution in [0.3, 0.4) is 0 Å². The third kappa shape index (κ3) is 5.43. The van der Waals surface area contributed by atoms with E-state index < -0.39 is 0 Å². The van der Waals surface area contributed by atoms with Gasteiger partial charge in [-0.05, 0) is 98.8 Å². The molecule has 1 nitrogen and oxygen atoms in total. The highest BCUT2D eigenvalue weighted by Crippen LogP contribution is 2.46. The van der Waals surface area contributed by atoms with Crippen molar-refractivity contribution < 1.29 is 0 Å². The van der Waals surface area contributed by atoms with E-state index in [0.717, 1.165) is 11.4 Å². The van der Waals surface area contributed by atoms with Gasteiger partial charge in [-0.2, -0.15) is 0 Å². The average Bonchev–Trinajstić information content (AvgIpc) is 3.83. The van der Waals surface area contributed by atoms with Gasteiger partial charge in [0, 0.05) is 47.0 Å². The van der Waals surface area contributed by atoms with Crippen molar-refractivity contribution in [3.8, 4) is 33.4 Å². The molecule has 0 radical (unpaired) electrons. The molecule has 0 saturated heterocycles. The first-order valence-corrected chi connectivity index (χ1v) is 20.3. The molecule has 11 rings (SSSR count). The molecule has 0 amide bonds. The number of thiophene rings is 2. The summed E-state index contributed by atoms with van der Waals surface area (Å²) in [4.78, 5) is 2.43. The molecule has 11 aromatic rings. The molecule has 0 aliphatic rings. The summed E-state index contributed by atoms with van der Waals surface area (Å²) in [6.07, 6.45) is 0. The third-order valence-corrected chi connectivity index (χ3v) is 13.2. The molecule has 0 spiro atoms. The third-order valence-electron chi connectivity index (χ3n) is 10.9. The van der Waals surface area contributed by atoms with Gasteiger partial charge in [0.25, 0.3) is 0 Å². The van der Waals surface area contributed by atoms with Gasteiger partial charge >= 0.3 is 0 Å². The number of rotatable bonds is 6. The van der Waals surface area contributed by atoms with Crippen LogP contribution in [0.1, 0.15) is 0 Å². The van der Waals surface area contributed by atoms with Crippen LogP contribution in [0, 0.1) is 0 Å². The lowest BCUT2D eigenvalue weighted by atomic mass is 9.95. The van der Waals surface area contributed by atoms with Gasteiger partial charge in [-0.1, -0.05) is 146 Å². The second-order valence-electron chi connectivity index (χ2n) is 14.1. The van der Waals surface area contributed by atoms with Crippen molar-refractivity contribution in [1.82, 2.24) is 0 Å². The lowest BCUT2D eigenvalue weighted by molar-refractivity contribution is 1.30. The first-order valence-electron chi connectivity index (χ1n) is 18.7. The minimum Gasteiger partial charge on any atom is -0.309 e. The molecule has 0 saturated carbocycles. The Kier molecular flexibility index (Phi) is 7.61. The fourth-order valence-electron chi connectivity index (χ4n) is 8.29. The number of fused-ring (bicyclic) bond motifs is 7. The van der Waals surface area contributed by atoms with Gasteiger partial charge in [0.1, 0.15) is 0 Å². The monoisotopic (exact) mass is 735 g/mol. The Morgan fingerprint density at radius 2 is 0.891 bits per heavy atom. The number of anilines is 3. The highest BCUT2D eigenvalue weighted by Gasteiger charge is 2.19. The van der Waals surface area contributed by atoms with E-state index in [1.54, 1.807) is 0 Å². The summed E-state index contributed by atoms with van der Waals surface area (Å²) in [5.41, 5.74) is 10.8. The number of nitrogens with zero attached hydrogens (tertiary/aromatic N) is 1. The van der Waals surface area contributed by atoms with E-state index in [-0.39, 0.29) is 0 Å². The van der Waals surface area contributed by atoms with Crippen LogP contribution in [0.25, 0.3) is 84.5 Å². The van der Waals surface area contributed by atoms with Gasteiger partial charge < -0.3 is 4.90 Å². The van der Waals surface area contributed by atoms with E-state index in [1.807, 2.05) is 22.7 Å². The van der Waals surface area contributed by atoms with Gasteiger partial charge in [-0.25, -0.2) is 0 Å². The van der Waals surface area contributed by atoms with E-state index in [2.05, 4.69) is 205 Å². The molecule has 0 fully saturated rings. The van der Waals surface area contributed by atoms with Crippen molar-refractivity contribution in [2.24, 2.45) is 0 Å². The van der Waals surface area contributed by atoms with Crippen molar-refractivity contribution >= 4 is 90.9 Å². The maximum atomic E-state index is 2.43. The Hall–Kier alpha value is -6.52. The van der Waals surface area contributed by atoms with Gasteiger partial charge in [-0.15, -0.1) is 22.7 Å². The van der Waals surface area contributed by atoms with Gasteiger partial charge in [-0.3, -0.25) is 0 Å². The van der Waals surface area contributed by atoms with Crippen LogP contribution in [0.15, 0.2) is 200 Å². The van der Waals surface area contributed by atoms with E-state index in [0.29, 0.717) is 0 Å². The summed E-state index contributed by atoms with van der Waals surface area (Å²) in [7, 11) is 0. The van der Waals surface area contributed by atoms with Crippen LogP contribution in [-0.2, 0) is 0 Å². The molecular formula is C52H33NS2. The van der Waals surface area contributed by atoms with Crippen LogP contribution in [-0.4, -0.2) is 0 Å². The van der Waals surface area contributed by atoms with E-state index in [9.17, 15) is 0 Å². The fraction of sp³-hybridized carbons (Fsp3) is 0. The second-order valence-corrected chi connectivity index (χ2v) is 16.2. The molecule has 0 N–H and O–H groups in total. The standard InChI is InChI=1S/C52H33NS2/c1-2-15-41-35(11-1)12-8-18-42(41)38-14-7-13-37(33-38)34-25-29-39(30-26-34)53(47-21-9-20-45-44-16-3-5-22-48(44)55-52(45)47)40-31-27-36(28-32-40)43-19-10-24-50-51(43)46-17-4-6-23-49(46)54-50/h1-33H. The molecule has 55 heavy (non-hydrogen) atoms. The molecule has 2 heterocycles. The van der Waals surface area contributed by atoms with Crippen molar-refractivity contribution in [2.75, 3.05) is 4.90 Å². The van der Waals surface area contributed by atoms with Crippen LogP contribution in [0.2, 0.25) is 0 Å². The Labute approximate surface area is 327 Å². The Morgan fingerprint density at radius 1 is 0.327 bits per heavy atom. The molecule has 9 aromatic carbocycles. The molecule has 258 valence electrons. The number of hydrogen-bond donors (Lipinski definition) is 0. The van der Waals surface area contributed by atoms with Crippen LogP contribution >= 0.6 is 22.7 Å². The molecule has 0 bridgehead atoms. The van der Waals surface area contributed by atoms with E-state index >= 15 is 0 Å². The summed E-state index contributed by atoms with van der Waals surface area (Å²) in [6.45, 7) is 0. The summed E-state index contributed by atoms with van der Waals surface area (Å²) < 4.78 is 5.24. The Balaban J connectivity index is 1.02. The van der Waals surface area contributed by atoms with Gasteiger partial charge in [0.2, 0.25) is 0 Å². The lowest BCUT2D eigenvalue weighted by Gasteiger charge is -2.26. The smallest absolute Gasteiger partial charge is 0.0640 e. The zero-order valence-electron chi connectivity index (χ0n) is 29.8. The van der Waals surface area contributed by atoms with E-state index in [1.165, 1.54) is 90.2 Å². The van der Waals surface area contributed by atoms with Crippen LogP contribution in [0.5, 0.6) is 0 Å². The average molecular weight is 736 g/mol. The van der Waals surface area contributed by atoms with Gasteiger partial charge in [0.05, 0.1) is 10.4 Å². The fourth-order valence-corrected chi connectivity index (χ4v) is 10.6. The number of benzene rings is 9. The Morgan fingerprint density at radius 3 is 1.71 bits per heavy atom. The summed E-state index contributed by atoms with van der Waals surface area (Å²) in [5, 5.41) is 7.78. The molecule has 0 atom stereocenters. The molecule has 0 unspecified atom stereocenters. The molecule has 0 aliphatic carbocycles. The quantitative estimate of drug-likeness (QED) is 0.164. The van der Waals surface area contributed by atoms with Crippen LogP contribution in [0.4, 0.5) is 17.1 Å². The minimum absolute atomic E-state index is 1.12. The zero-order chi connectivity index (χ0) is 36.3. The normalized spacial score (nSPS) is 11.6. The second kappa shape index (κ2) is 13.1. The zero-order valence-corrected chi connectivity index (χ0v) is 31.4. The molecule has 2 aromatic heterocycles. The van der Waals surface area contributed by atoms with Crippen molar-refractivity contribution in [3.63, 3.8) is 0 Å². The molecule has 3 heteroatoms. The Bertz CT molecular complexity index is 3200. The first kappa shape index (κ1) is 32.0. The molecule has 0 aliphatic heterocycles. The lowest BCUT2D eigenvalue weighted by Crippen LogP contribution is -2.10. The predicted octanol–water partition coefficient (Wildman–Crippen LogP) is 16.0. The highest BCUT2D eigenvalue weighted by atomic mass is 32.1. The maximum absolute atomic E-state index is 2.43. The summed E-state index contributed by atoms with van der Waals surface area (Å²) in [6, 6.07) is 73.3. The summed E-state index contributed by atoms with van der Waals surface area (Å²) >= 11 is 3.74. The topological polar surface area (TPSA) is 3.24 Å². The molecular weight excluding hydrogens is 703 g/mol. The van der Waals surface area contributed by atoms with Crippen molar-refractivity contribution in [2.45, 2.75) is 0 Å². The largest absolute Gasteiger partial charge is 0.309 e. The van der Waals surface area contributed by atoms with Crippen molar-refractivity contribution in [1.29, 1.82) is 0 Å². The van der Waals surface area contributed by atoms with Crippen molar-refractivity contribution in [3.05, 3.63) is 200 Å². The minimum atomic E-state index is 1.12. The van der Waals surface area contributed by atoms with Crippen LogP contribution < -0.4 is 4.90 Å². The van der Waals surface area contributed by atoms with Gasteiger partial charge in [0.15, 0.2) is 0 Å². The maximum Gasteiger partial charge on any atom is 0.0640 e. The first-order chi connectivity index (χ1) is 27.3. The highest BCUT2D eigenvalue weighted by molar-refractivity contribution is 7.26. The summed E-state index contributed by atoms with van der Waals surface area (Å²) in [5.74, 6) is 0. The number of hydrogen-bond acceptors (Lipinski definition) is 3. The van der Waals surface area contributed by atoms with E-state index in [4.69, 9.17) is 0 Å². The SMILES string of the molecule is c1cc(-c2ccc(N(c3ccc(-c4cccc5sc6ccccc6c45)cc3)c3cccc4c3sc3ccccc34)cc2)cc(-c2cccc3ccccc23)c1. The predicted molar refractivity (Wildman–Crippen MR) is 241 cm³/mol.